The Morgan fingerprint density at radius 3 is 2.21 bits per heavy atom. The van der Waals surface area contributed by atoms with E-state index in [-0.39, 0.29) is 39.8 Å². The van der Waals surface area contributed by atoms with Gasteiger partial charge in [0.25, 0.3) is 0 Å². The summed E-state index contributed by atoms with van der Waals surface area (Å²) in [5, 5.41) is 0. The number of halogens is 3. The molecule has 5 aliphatic rings. The fourth-order valence-corrected chi connectivity index (χ4v) is 13.1. The van der Waals surface area contributed by atoms with Crippen molar-refractivity contribution >= 4 is 16.1 Å². The number of alkyl halides is 3. The average Bonchev–Trinajstić information content (AvgIpc) is 3.39. The Morgan fingerprint density at radius 2 is 1.57 bits per heavy atom. The van der Waals surface area contributed by atoms with Crippen LogP contribution in [0.2, 0.25) is 0 Å². The van der Waals surface area contributed by atoms with Crippen molar-refractivity contribution < 1.29 is 35.3 Å². The van der Waals surface area contributed by atoms with Gasteiger partial charge in [0.2, 0.25) is 0 Å². The van der Waals surface area contributed by atoms with E-state index in [0.717, 1.165) is 56.9 Å². The Balaban J connectivity index is 1.32. The van der Waals surface area contributed by atoms with Gasteiger partial charge in [-0.1, -0.05) is 78.8 Å². The lowest BCUT2D eigenvalue weighted by molar-refractivity contribution is -0.234. The van der Waals surface area contributed by atoms with E-state index in [1.165, 1.54) is 0 Å². The number of esters is 1. The monoisotopic (exact) mass is 678 g/mol. The first kappa shape index (κ1) is 34.8. The highest BCUT2D eigenvalue weighted by molar-refractivity contribution is 7.87. The lowest BCUT2D eigenvalue weighted by Crippen LogP contribution is -2.66. The van der Waals surface area contributed by atoms with E-state index in [1.54, 1.807) is 6.08 Å². The quantitative estimate of drug-likeness (QED) is 0.170. The van der Waals surface area contributed by atoms with Crippen molar-refractivity contribution in [3.05, 3.63) is 47.7 Å². The largest absolute Gasteiger partial charge is 0.534 e. The lowest BCUT2D eigenvalue weighted by atomic mass is 9.32. The third-order valence-electron chi connectivity index (χ3n) is 14.9. The number of rotatable bonds is 6. The summed E-state index contributed by atoms with van der Waals surface area (Å²) in [5.74, 6) is 1.71. The Labute approximate surface area is 279 Å². The second-order valence-corrected chi connectivity index (χ2v) is 18.9. The molecule has 0 heterocycles. The third kappa shape index (κ3) is 5.04. The predicted molar refractivity (Wildman–Crippen MR) is 175 cm³/mol. The van der Waals surface area contributed by atoms with Gasteiger partial charge in [-0.3, -0.25) is 4.79 Å². The third-order valence-corrected chi connectivity index (χ3v) is 15.9. The van der Waals surface area contributed by atoms with Crippen LogP contribution in [-0.2, 0) is 30.4 Å². The number of carbonyl (C=O) groups is 1. The second-order valence-electron chi connectivity index (χ2n) is 17.3. The molecular formula is C38H53F3O5S. The fraction of sp³-hybridized carbons (Fsp3) is 0.763. The first-order valence-electron chi connectivity index (χ1n) is 17.7. The van der Waals surface area contributed by atoms with E-state index < -0.39 is 26.5 Å². The van der Waals surface area contributed by atoms with E-state index in [0.29, 0.717) is 36.7 Å². The fourth-order valence-electron chi connectivity index (χ4n) is 12.5. The molecule has 47 heavy (non-hydrogen) atoms. The molecule has 1 aromatic rings. The summed E-state index contributed by atoms with van der Waals surface area (Å²) in [5.41, 5.74) is -6.09. The molecule has 5 aliphatic carbocycles. The summed E-state index contributed by atoms with van der Waals surface area (Å²) in [6, 6.07) is 9.90. The average molecular weight is 679 g/mol. The van der Waals surface area contributed by atoms with Crippen molar-refractivity contribution in [2.45, 2.75) is 118 Å². The molecule has 9 heteroatoms. The van der Waals surface area contributed by atoms with Gasteiger partial charge in [-0.25, -0.2) is 0 Å². The van der Waals surface area contributed by atoms with Crippen LogP contribution in [0.4, 0.5) is 13.2 Å². The first-order chi connectivity index (χ1) is 21.7. The summed E-state index contributed by atoms with van der Waals surface area (Å²) >= 11 is 0. The molecule has 0 bridgehead atoms. The molecule has 4 saturated carbocycles. The van der Waals surface area contributed by atoms with Gasteiger partial charge in [0, 0.05) is 5.41 Å². The summed E-state index contributed by atoms with van der Waals surface area (Å²) in [4.78, 5) is 14.2. The highest BCUT2D eigenvalue weighted by atomic mass is 32.2. The maximum atomic E-state index is 14.2. The number of ether oxygens (including phenoxy) is 1. The van der Waals surface area contributed by atoms with Crippen molar-refractivity contribution in [2.75, 3.05) is 0 Å². The molecule has 9 atom stereocenters. The lowest BCUT2D eigenvalue weighted by Gasteiger charge is -2.72. The Kier molecular flexibility index (Phi) is 8.33. The highest BCUT2D eigenvalue weighted by Crippen LogP contribution is 2.77. The molecule has 262 valence electrons. The predicted octanol–water partition coefficient (Wildman–Crippen LogP) is 9.83. The second kappa shape index (κ2) is 11.2. The topological polar surface area (TPSA) is 69.7 Å². The number of fused-ring (bicyclic) bond motifs is 7. The van der Waals surface area contributed by atoms with Gasteiger partial charge in [-0.2, -0.15) is 21.6 Å². The molecule has 0 aliphatic heterocycles. The summed E-state index contributed by atoms with van der Waals surface area (Å²) in [7, 11) is -5.75. The van der Waals surface area contributed by atoms with Crippen LogP contribution in [0.5, 0.6) is 0 Å². The normalized spacial score (nSPS) is 41.2. The molecule has 4 fully saturated rings. The zero-order chi connectivity index (χ0) is 34.4. The highest BCUT2D eigenvalue weighted by Gasteiger charge is 2.72. The maximum Gasteiger partial charge on any atom is 0.534 e. The molecule has 0 spiro atoms. The minimum absolute atomic E-state index is 0.0144. The Morgan fingerprint density at radius 1 is 0.894 bits per heavy atom. The van der Waals surface area contributed by atoms with Gasteiger partial charge in [-0.05, 0) is 121 Å². The number of carbonyl (C=O) groups excluding carboxylic acids is 1. The molecular weight excluding hydrogens is 625 g/mol. The van der Waals surface area contributed by atoms with Crippen LogP contribution in [-0.4, -0.2) is 19.9 Å². The zero-order valence-corrected chi connectivity index (χ0v) is 29.9. The SMILES string of the molecule is CC(C)[C@@H]1CCC2(C(=O)OCc3ccccc3)CC[C@]3(C)[C@H](CCC4[C@@]5(C)CC=C(OS(=O)(=O)C(F)(F)F)C(C)(C)[C@@H]5CC[C@]43C)[C@@H]12. The zero-order valence-electron chi connectivity index (χ0n) is 29.1. The molecule has 6 rings (SSSR count). The Hall–Kier alpha value is -2.03. The molecule has 0 amide bonds. The van der Waals surface area contributed by atoms with Crippen molar-refractivity contribution in [1.29, 1.82) is 0 Å². The summed E-state index contributed by atoms with van der Waals surface area (Å²) in [6.07, 6.45) is 9.51. The van der Waals surface area contributed by atoms with E-state index in [2.05, 4.69) is 34.6 Å². The van der Waals surface area contributed by atoms with Crippen LogP contribution < -0.4 is 0 Å². The molecule has 0 radical (unpaired) electrons. The molecule has 1 aromatic carbocycles. The van der Waals surface area contributed by atoms with Gasteiger partial charge in [-0.15, -0.1) is 0 Å². The summed E-state index contributed by atoms with van der Waals surface area (Å²) in [6.45, 7) is 15.8. The van der Waals surface area contributed by atoms with Crippen LogP contribution in [0, 0.1) is 62.6 Å². The van der Waals surface area contributed by atoms with Crippen LogP contribution in [0.25, 0.3) is 0 Å². The molecule has 2 unspecified atom stereocenters. The van der Waals surface area contributed by atoms with Gasteiger partial charge in [0.15, 0.2) is 0 Å². The van der Waals surface area contributed by atoms with Crippen molar-refractivity contribution in [3.63, 3.8) is 0 Å². The molecule has 0 N–H and O–H groups in total. The number of hydrogen-bond acceptors (Lipinski definition) is 5. The van der Waals surface area contributed by atoms with Crippen LogP contribution in [0.3, 0.4) is 0 Å². The smallest absolute Gasteiger partial charge is 0.460 e. The maximum absolute atomic E-state index is 14.2. The van der Waals surface area contributed by atoms with E-state index in [1.807, 2.05) is 44.2 Å². The Bertz CT molecular complexity index is 1520. The minimum Gasteiger partial charge on any atom is -0.460 e. The van der Waals surface area contributed by atoms with Gasteiger partial charge < -0.3 is 8.92 Å². The standard InChI is InChI=1S/C38H53F3O5S/c1-24(2)26-15-20-37(32(42)45-23-25-11-9-8-10-12-25)22-21-35(6)27(31(26)37)13-14-29-34(5)18-17-30(46-47(43,44)38(39,40)41)33(3,4)28(34)16-19-36(29,35)7/h8-12,17,24,26-29,31H,13-16,18-23H2,1-7H3/t26-,27+,28-,29?,31+,34-,35+,36+,37?/m0/s1. The first-order valence-corrected chi connectivity index (χ1v) is 19.1. The van der Waals surface area contributed by atoms with Crippen LogP contribution >= 0.6 is 0 Å². The van der Waals surface area contributed by atoms with E-state index in [4.69, 9.17) is 8.92 Å². The van der Waals surface area contributed by atoms with Crippen molar-refractivity contribution in [2.24, 2.45) is 62.6 Å². The minimum atomic E-state index is -5.75. The van der Waals surface area contributed by atoms with Crippen LogP contribution in [0.1, 0.15) is 112 Å². The van der Waals surface area contributed by atoms with Crippen LogP contribution in [0.15, 0.2) is 42.2 Å². The number of hydrogen-bond donors (Lipinski definition) is 0. The van der Waals surface area contributed by atoms with E-state index in [9.17, 15) is 26.4 Å². The number of allylic oxidation sites excluding steroid dienone is 2. The van der Waals surface area contributed by atoms with Gasteiger partial charge in [0.1, 0.15) is 12.4 Å². The summed E-state index contributed by atoms with van der Waals surface area (Å²) < 4.78 is 75.1. The van der Waals surface area contributed by atoms with Gasteiger partial charge in [0.05, 0.1) is 5.41 Å². The molecule has 0 saturated heterocycles. The van der Waals surface area contributed by atoms with Crippen molar-refractivity contribution in [3.8, 4) is 0 Å². The van der Waals surface area contributed by atoms with Crippen molar-refractivity contribution in [1.82, 2.24) is 0 Å². The molecule has 5 nitrogen and oxygen atoms in total. The van der Waals surface area contributed by atoms with Gasteiger partial charge >= 0.3 is 21.6 Å². The molecule has 0 aromatic heterocycles. The number of benzene rings is 1. The van der Waals surface area contributed by atoms with E-state index >= 15 is 0 Å².